The number of ether oxygens (including phenoxy) is 1. The van der Waals surface area contributed by atoms with E-state index in [9.17, 15) is 19.7 Å². The van der Waals surface area contributed by atoms with Gasteiger partial charge in [0.25, 0.3) is 5.91 Å². The summed E-state index contributed by atoms with van der Waals surface area (Å²) in [6, 6.07) is 20.8. The molecule has 2 amide bonds. The van der Waals surface area contributed by atoms with Crippen molar-refractivity contribution in [1.82, 2.24) is 0 Å². The third-order valence-corrected chi connectivity index (χ3v) is 6.58. The van der Waals surface area contributed by atoms with Crippen LogP contribution in [0.2, 0.25) is 0 Å². The van der Waals surface area contributed by atoms with Gasteiger partial charge in [0.15, 0.2) is 5.41 Å². The molecule has 0 bridgehead atoms. The second-order valence-electron chi connectivity index (χ2n) is 10.5. The number of carbonyl (C=O) groups is 2. The van der Waals surface area contributed by atoms with Crippen molar-refractivity contribution in [2.24, 2.45) is 0 Å². The molecule has 0 unspecified atom stereocenters. The Morgan fingerprint density at radius 3 is 2.00 bits per heavy atom. The van der Waals surface area contributed by atoms with E-state index in [1.807, 2.05) is 0 Å². The van der Waals surface area contributed by atoms with Crippen LogP contribution >= 0.6 is 0 Å². The SMILES string of the molecule is CC(C)(C)OC(=O)N1C(=O)/C(=C(/C[C@](C[N+](=O)[O-])(c2ccccc2)C(F)(F)F)c2ccccc2)c2ccccc21. The van der Waals surface area contributed by atoms with Crippen LogP contribution in [-0.2, 0) is 14.9 Å². The molecule has 1 aliphatic heterocycles. The molecule has 0 saturated heterocycles. The van der Waals surface area contributed by atoms with Gasteiger partial charge in [-0.3, -0.25) is 14.9 Å². The second kappa shape index (κ2) is 10.6. The molecule has 1 aliphatic rings. The third-order valence-electron chi connectivity index (χ3n) is 6.58. The molecule has 0 aromatic heterocycles. The van der Waals surface area contributed by atoms with Crippen molar-refractivity contribution >= 4 is 28.8 Å². The number of para-hydroxylation sites is 1. The molecule has 10 heteroatoms. The number of alkyl halides is 3. The first-order valence-corrected chi connectivity index (χ1v) is 12.4. The number of hydrogen-bond acceptors (Lipinski definition) is 5. The number of halogens is 3. The number of fused-ring (bicyclic) bond motifs is 1. The first-order valence-electron chi connectivity index (χ1n) is 12.4. The fourth-order valence-electron chi connectivity index (χ4n) is 4.85. The molecule has 4 rings (SSSR count). The van der Waals surface area contributed by atoms with E-state index in [-0.39, 0.29) is 33.5 Å². The van der Waals surface area contributed by atoms with E-state index >= 15 is 13.2 Å². The molecule has 1 atom stereocenters. The predicted octanol–water partition coefficient (Wildman–Crippen LogP) is 7.05. The number of rotatable bonds is 6. The molecule has 1 heterocycles. The van der Waals surface area contributed by atoms with Gasteiger partial charge in [0.1, 0.15) is 5.60 Å². The third kappa shape index (κ3) is 5.47. The molecule has 0 fully saturated rings. The molecule has 0 radical (unpaired) electrons. The highest BCUT2D eigenvalue weighted by Crippen LogP contribution is 2.51. The molecule has 0 spiro atoms. The fraction of sp³-hybridized carbons (Fsp3) is 0.267. The lowest BCUT2D eigenvalue weighted by Crippen LogP contribution is -2.48. The van der Waals surface area contributed by atoms with Gasteiger partial charge in [-0.2, -0.15) is 13.2 Å². The highest BCUT2D eigenvalue weighted by molar-refractivity contribution is 6.43. The van der Waals surface area contributed by atoms with Crippen molar-refractivity contribution in [3.05, 3.63) is 112 Å². The fourth-order valence-corrected chi connectivity index (χ4v) is 4.85. The summed E-state index contributed by atoms with van der Waals surface area (Å²) in [4.78, 5) is 38.7. The van der Waals surface area contributed by atoms with E-state index in [0.29, 0.717) is 0 Å². The number of anilines is 1. The van der Waals surface area contributed by atoms with Crippen LogP contribution in [0.1, 0.15) is 43.9 Å². The number of amides is 2. The Morgan fingerprint density at radius 2 is 1.45 bits per heavy atom. The van der Waals surface area contributed by atoms with Gasteiger partial charge in [0.05, 0.1) is 11.3 Å². The van der Waals surface area contributed by atoms with Crippen LogP contribution < -0.4 is 4.90 Å². The Kier molecular flexibility index (Phi) is 7.56. The summed E-state index contributed by atoms with van der Waals surface area (Å²) in [5, 5.41) is 11.8. The van der Waals surface area contributed by atoms with Gasteiger partial charge in [-0.05, 0) is 50.0 Å². The average molecular weight is 553 g/mol. The zero-order chi connectivity index (χ0) is 29.3. The average Bonchev–Trinajstić information content (AvgIpc) is 3.17. The van der Waals surface area contributed by atoms with Gasteiger partial charge >= 0.3 is 12.3 Å². The first kappa shape index (κ1) is 28.5. The van der Waals surface area contributed by atoms with Crippen molar-refractivity contribution in [1.29, 1.82) is 0 Å². The number of carbonyl (C=O) groups excluding carboxylic acids is 2. The van der Waals surface area contributed by atoms with Crippen molar-refractivity contribution in [2.45, 2.75) is 44.4 Å². The van der Waals surface area contributed by atoms with E-state index in [4.69, 9.17) is 4.74 Å². The molecule has 7 nitrogen and oxygen atoms in total. The van der Waals surface area contributed by atoms with E-state index in [1.165, 1.54) is 54.6 Å². The smallest absolute Gasteiger partial charge is 0.422 e. The normalized spacial score (nSPS) is 16.2. The summed E-state index contributed by atoms with van der Waals surface area (Å²) in [6.07, 6.45) is -6.99. The highest BCUT2D eigenvalue weighted by atomic mass is 19.4. The maximum atomic E-state index is 15.1. The lowest BCUT2D eigenvalue weighted by Gasteiger charge is -2.34. The molecular formula is C30H27F3N2O5. The van der Waals surface area contributed by atoms with Crippen molar-refractivity contribution in [3.8, 4) is 0 Å². The monoisotopic (exact) mass is 552 g/mol. The number of allylic oxidation sites excluding steroid dienone is 1. The van der Waals surface area contributed by atoms with Crippen LogP contribution in [-0.4, -0.2) is 35.2 Å². The zero-order valence-electron chi connectivity index (χ0n) is 22.1. The van der Waals surface area contributed by atoms with Crippen molar-refractivity contribution in [3.63, 3.8) is 0 Å². The summed E-state index contributed by atoms with van der Waals surface area (Å²) < 4.78 is 50.6. The lowest BCUT2D eigenvalue weighted by molar-refractivity contribution is -0.501. The minimum Gasteiger partial charge on any atom is -0.443 e. The largest absolute Gasteiger partial charge is 0.443 e. The van der Waals surface area contributed by atoms with Crippen LogP contribution in [0.4, 0.5) is 23.7 Å². The Balaban J connectivity index is 2.03. The van der Waals surface area contributed by atoms with E-state index < -0.39 is 47.1 Å². The van der Waals surface area contributed by atoms with Gasteiger partial charge in [0, 0.05) is 10.5 Å². The molecule has 0 N–H and O–H groups in total. The Bertz CT molecular complexity index is 1460. The van der Waals surface area contributed by atoms with Crippen LogP contribution in [0, 0.1) is 10.1 Å². The van der Waals surface area contributed by atoms with Gasteiger partial charge in [-0.25, -0.2) is 9.69 Å². The predicted molar refractivity (Wildman–Crippen MR) is 144 cm³/mol. The minimum atomic E-state index is -5.08. The van der Waals surface area contributed by atoms with Crippen LogP contribution in [0.15, 0.2) is 84.9 Å². The topological polar surface area (TPSA) is 89.8 Å². The molecule has 208 valence electrons. The van der Waals surface area contributed by atoms with Gasteiger partial charge in [-0.15, -0.1) is 0 Å². The molecule has 0 aliphatic carbocycles. The summed E-state index contributed by atoms with van der Waals surface area (Å²) in [6.45, 7) is 3.41. The first-order chi connectivity index (χ1) is 18.7. The minimum absolute atomic E-state index is 0.0767. The maximum absolute atomic E-state index is 15.1. The standard InChI is InChI=1S/C30H27F3N2O5/c1-28(2,3)40-27(37)35-24-17-11-10-16-22(24)25(26(35)36)23(20-12-6-4-7-13-20)18-29(19-34(38)39,30(31,32)33)21-14-8-5-9-15-21/h4-17H,18-19H2,1-3H3/b25-23-/t29-/m0/s1. The van der Waals surface area contributed by atoms with E-state index in [1.54, 1.807) is 51.1 Å². The Hall–Kier alpha value is -4.47. The van der Waals surface area contributed by atoms with Gasteiger partial charge in [-0.1, -0.05) is 78.9 Å². The number of nitro groups is 1. The zero-order valence-corrected chi connectivity index (χ0v) is 22.1. The highest BCUT2D eigenvalue weighted by Gasteiger charge is 2.60. The Labute approximate surface area is 229 Å². The summed E-state index contributed by atoms with van der Waals surface area (Å²) >= 11 is 0. The van der Waals surface area contributed by atoms with Crippen molar-refractivity contribution in [2.75, 3.05) is 11.4 Å². The quantitative estimate of drug-likeness (QED) is 0.186. The Morgan fingerprint density at radius 1 is 0.900 bits per heavy atom. The molecule has 3 aromatic carbocycles. The number of imide groups is 1. The van der Waals surface area contributed by atoms with Crippen LogP contribution in [0.5, 0.6) is 0 Å². The van der Waals surface area contributed by atoms with Gasteiger partial charge in [0.2, 0.25) is 6.54 Å². The van der Waals surface area contributed by atoms with Crippen molar-refractivity contribution < 1.29 is 32.4 Å². The number of benzene rings is 3. The number of nitrogens with zero attached hydrogens (tertiary/aromatic N) is 2. The van der Waals surface area contributed by atoms with Gasteiger partial charge < -0.3 is 4.74 Å². The van der Waals surface area contributed by atoms with E-state index in [0.717, 1.165) is 4.90 Å². The maximum Gasteiger partial charge on any atom is 0.422 e. The molecule has 40 heavy (non-hydrogen) atoms. The van der Waals surface area contributed by atoms with Crippen LogP contribution in [0.25, 0.3) is 11.1 Å². The molecular weight excluding hydrogens is 525 g/mol. The lowest BCUT2D eigenvalue weighted by atomic mass is 9.72. The second-order valence-corrected chi connectivity index (χ2v) is 10.5. The van der Waals surface area contributed by atoms with E-state index in [2.05, 4.69) is 0 Å². The number of hydrogen-bond donors (Lipinski definition) is 0. The summed E-state index contributed by atoms with van der Waals surface area (Å²) in [5.74, 6) is -0.875. The summed E-state index contributed by atoms with van der Waals surface area (Å²) in [7, 11) is 0. The molecule has 3 aromatic rings. The van der Waals surface area contributed by atoms with Crippen LogP contribution in [0.3, 0.4) is 0 Å². The molecule has 0 saturated carbocycles. The summed E-state index contributed by atoms with van der Waals surface area (Å²) in [5.41, 5.74) is -3.84.